The van der Waals surface area contributed by atoms with Gasteiger partial charge < -0.3 is 34.9 Å². The van der Waals surface area contributed by atoms with Gasteiger partial charge in [0, 0.05) is 37.0 Å². The van der Waals surface area contributed by atoms with E-state index in [1.165, 1.54) is 0 Å². The fourth-order valence-corrected chi connectivity index (χ4v) is 5.88. The molecule has 3 aliphatic rings. The van der Waals surface area contributed by atoms with Crippen LogP contribution in [0.5, 0.6) is 17.2 Å². The van der Waals surface area contributed by atoms with Crippen molar-refractivity contribution in [2.45, 2.75) is 12.6 Å². The summed E-state index contributed by atoms with van der Waals surface area (Å²) in [6.45, 7) is 1.02. The van der Waals surface area contributed by atoms with Gasteiger partial charge in [-0.15, -0.1) is 0 Å². The SMILES string of the molecule is COc1cc2cc3c([n+](C)c2cc1OC)-c1ccc(N2CC(C(=O)NC(CNC(=O)C4=C/C=C\C=C/C=C\4)C(=O)O)C2)cc1OC3. The minimum atomic E-state index is -1.26. The number of aliphatic carboxylic acids is 1. The maximum Gasteiger partial charge on any atom is 0.328 e. The Labute approximate surface area is 266 Å². The highest BCUT2D eigenvalue weighted by atomic mass is 16.5. The number of anilines is 1. The van der Waals surface area contributed by atoms with Crippen molar-refractivity contribution in [2.75, 3.05) is 38.8 Å². The molecule has 1 fully saturated rings. The molecule has 46 heavy (non-hydrogen) atoms. The number of carbonyl (C=O) groups is 3. The third-order valence-electron chi connectivity index (χ3n) is 8.42. The molecule has 1 atom stereocenters. The Kier molecular flexibility index (Phi) is 8.47. The van der Waals surface area contributed by atoms with Crippen molar-refractivity contribution in [3.05, 3.63) is 90.1 Å². The number of carbonyl (C=O) groups excluding carboxylic acids is 2. The monoisotopic (exact) mass is 623 g/mol. The molecule has 3 N–H and O–H groups in total. The number of rotatable bonds is 9. The third-order valence-corrected chi connectivity index (χ3v) is 8.42. The highest BCUT2D eigenvalue weighted by Crippen LogP contribution is 2.41. The molecule has 0 radical (unpaired) electrons. The van der Waals surface area contributed by atoms with Gasteiger partial charge in [-0.05, 0) is 36.4 Å². The normalized spacial score (nSPS) is 18.9. The predicted molar refractivity (Wildman–Crippen MR) is 172 cm³/mol. The maximum absolute atomic E-state index is 13.0. The number of methoxy groups -OCH3 is 2. The Morgan fingerprint density at radius 1 is 1.02 bits per heavy atom. The zero-order valence-electron chi connectivity index (χ0n) is 25.8. The van der Waals surface area contributed by atoms with Crippen LogP contribution >= 0.6 is 0 Å². The highest BCUT2D eigenvalue weighted by molar-refractivity contribution is 5.97. The molecule has 0 bridgehead atoms. The average Bonchev–Trinajstić information content (AvgIpc) is 3.01. The molecule has 0 saturated carbocycles. The topological polar surface area (TPSA) is 130 Å². The number of amides is 2. The van der Waals surface area contributed by atoms with E-state index >= 15 is 0 Å². The molecule has 1 saturated heterocycles. The second-order valence-electron chi connectivity index (χ2n) is 11.3. The van der Waals surface area contributed by atoms with Crippen LogP contribution in [0.2, 0.25) is 0 Å². The number of allylic oxidation sites excluding steroid dienone is 6. The van der Waals surface area contributed by atoms with Crippen LogP contribution in [0, 0.1) is 5.92 Å². The molecule has 6 rings (SSSR count). The van der Waals surface area contributed by atoms with E-state index in [1.807, 2.05) is 48.4 Å². The average molecular weight is 624 g/mol. The number of aromatic nitrogens is 1. The van der Waals surface area contributed by atoms with E-state index in [2.05, 4.69) is 21.3 Å². The second kappa shape index (κ2) is 12.8. The predicted octanol–water partition coefficient (Wildman–Crippen LogP) is 2.97. The summed E-state index contributed by atoms with van der Waals surface area (Å²) in [5.41, 5.74) is 5.35. The summed E-state index contributed by atoms with van der Waals surface area (Å²) in [7, 11) is 5.26. The highest BCUT2D eigenvalue weighted by Gasteiger charge is 2.36. The lowest BCUT2D eigenvalue weighted by Crippen LogP contribution is -2.58. The number of nitrogens with one attached hydrogen (secondary N) is 2. The van der Waals surface area contributed by atoms with E-state index < -0.39 is 17.9 Å². The molecule has 11 heteroatoms. The Bertz CT molecular complexity index is 1850. The summed E-state index contributed by atoms with van der Waals surface area (Å²) in [6, 6.07) is 10.8. The van der Waals surface area contributed by atoms with E-state index in [0.29, 0.717) is 36.8 Å². The molecule has 0 spiro atoms. The Balaban J connectivity index is 1.10. The number of fused-ring (bicyclic) bond motifs is 4. The molecule has 3 heterocycles. The van der Waals surface area contributed by atoms with E-state index in [0.717, 1.165) is 39.2 Å². The van der Waals surface area contributed by atoms with Gasteiger partial charge in [0.2, 0.25) is 17.1 Å². The lowest BCUT2D eigenvalue weighted by atomic mass is 9.95. The van der Waals surface area contributed by atoms with Gasteiger partial charge in [0.25, 0.3) is 5.91 Å². The van der Waals surface area contributed by atoms with E-state index in [-0.39, 0.29) is 18.4 Å². The number of nitrogens with zero attached hydrogens (tertiary/aromatic N) is 2. The standard InChI is InChI=1S/C35H34N4O7/c1-38-28-16-31(45-3)30(44-2)14-22(28)13-23-20-46-29-15-25(11-12-26(29)32(23)38)39-18-24(19-39)34(41)37-27(35(42)43)17-36-33(40)21-9-7-5-4-6-8-10-21/h4-16,24,27H,17-20H2,1-3H3,(H2-,36,37,40,41,42,43)/p+1/b5-4-,6-4?,7-5?,8-6-,9-7-,10-8?,21-9?,21-10+. The molecule has 2 amide bonds. The summed E-state index contributed by atoms with van der Waals surface area (Å²) in [4.78, 5) is 39.4. The van der Waals surface area contributed by atoms with Gasteiger partial charge in [-0.2, -0.15) is 4.57 Å². The number of benzene rings is 2. The zero-order chi connectivity index (χ0) is 32.4. The first-order valence-corrected chi connectivity index (χ1v) is 14.9. The van der Waals surface area contributed by atoms with E-state index in [1.54, 1.807) is 50.7 Å². The van der Waals surface area contributed by atoms with Gasteiger partial charge in [-0.3, -0.25) is 9.59 Å². The second-order valence-corrected chi connectivity index (χ2v) is 11.3. The summed E-state index contributed by atoms with van der Waals surface area (Å²) >= 11 is 0. The van der Waals surface area contributed by atoms with Crippen molar-refractivity contribution in [1.29, 1.82) is 0 Å². The van der Waals surface area contributed by atoms with Crippen LogP contribution in [-0.2, 0) is 28.0 Å². The fraction of sp³-hybridized carbons (Fsp3) is 0.257. The number of pyridine rings is 1. The minimum Gasteiger partial charge on any atom is -0.493 e. The minimum absolute atomic E-state index is 0.238. The molecule has 3 aromatic rings. The van der Waals surface area contributed by atoms with Crippen molar-refractivity contribution in [3.63, 3.8) is 0 Å². The maximum atomic E-state index is 13.0. The van der Waals surface area contributed by atoms with Gasteiger partial charge >= 0.3 is 5.97 Å². The third kappa shape index (κ3) is 5.91. The number of aryl methyl sites for hydroxylation is 1. The largest absolute Gasteiger partial charge is 0.493 e. The van der Waals surface area contributed by atoms with Crippen LogP contribution in [0.25, 0.3) is 22.2 Å². The van der Waals surface area contributed by atoms with Crippen molar-refractivity contribution in [3.8, 4) is 28.5 Å². The lowest BCUT2D eigenvalue weighted by molar-refractivity contribution is -0.634. The van der Waals surface area contributed by atoms with Gasteiger partial charge in [0.1, 0.15) is 25.4 Å². The van der Waals surface area contributed by atoms with Crippen molar-refractivity contribution < 1.29 is 38.3 Å². The van der Waals surface area contributed by atoms with Gasteiger partial charge in [0.05, 0.1) is 42.7 Å². The smallest absolute Gasteiger partial charge is 0.328 e. The molecule has 1 aromatic heterocycles. The Morgan fingerprint density at radius 3 is 2.52 bits per heavy atom. The quantitative estimate of drug-likeness (QED) is 0.311. The first-order chi connectivity index (χ1) is 22.3. The number of hydrogen-bond acceptors (Lipinski definition) is 7. The lowest BCUT2D eigenvalue weighted by Gasteiger charge is -2.40. The molecule has 1 aliphatic carbocycles. The van der Waals surface area contributed by atoms with E-state index in [9.17, 15) is 19.5 Å². The van der Waals surface area contributed by atoms with Crippen LogP contribution in [0.15, 0.2) is 84.5 Å². The van der Waals surface area contributed by atoms with Crippen LogP contribution in [0.4, 0.5) is 5.69 Å². The molecule has 2 aliphatic heterocycles. The number of hydrogen-bond donors (Lipinski definition) is 3. The number of carboxylic acids is 1. The van der Waals surface area contributed by atoms with Crippen molar-refractivity contribution >= 4 is 34.4 Å². The molecular weight excluding hydrogens is 588 g/mol. The number of ether oxygens (including phenoxy) is 3. The zero-order valence-corrected chi connectivity index (χ0v) is 25.8. The van der Waals surface area contributed by atoms with Crippen molar-refractivity contribution in [1.82, 2.24) is 10.6 Å². The number of carboxylic acid groups (broad SMARTS) is 1. The van der Waals surface area contributed by atoms with Gasteiger partial charge in [-0.25, -0.2) is 4.79 Å². The first kappa shape index (κ1) is 30.4. The summed E-state index contributed by atoms with van der Waals surface area (Å²) < 4.78 is 19.3. The van der Waals surface area contributed by atoms with Gasteiger partial charge in [-0.1, -0.05) is 30.4 Å². The van der Waals surface area contributed by atoms with Crippen LogP contribution in [0.1, 0.15) is 5.56 Å². The molecule has 11 nitrogen and oxygen atoms in total. The molecule has 2 aromatic carbocycles. The fourth-order valence-electron chi connectivity index (χ4n) is 5.88. The van der Waals surface area contributed by atoms with Crippen molar-refractivity contribution in [2.24, 2.45) is 13.0 Å². The first-order valence-electron chi connectivity index (χ1n) is 14.9. The Morgan fingerprint density at radius 2 is 1.76 bits per heavy atom. The van der Waals surface area contributed by atoms with Crippen LogP contribution < -0.4 is 34.3 Å². The Hall–Kier alpha value is -5.58. The summed E-state index contributed by atoms with van der Waals surface area (Å²) in [5, 5.41) is 15.9. The summed E-state index contributed by atoms with van der Waals surface area (Å²) in [6.07, 6.45) is 12.1. The molecular formula is C35H35N4O7+. The summed E-state index contributed by atoms with van der Waals surface area (Å²) in [5.74, 6) is -0.346. The molecule has 1 unspecified atom stereocenters. The van der Waals surface area contributed by atoms with E-state index in [4.69, 9.17) is 14.2 Å². The van der Waals surface area contributed by atoms with Crippen LogP contribution in [-0.4, -0.2) is 62.8 Å². The van der Waals surface area contributed by atoms with Crippen LogP contribution in [0.3, 0.4) is 0 Å². The molecule has 236 valence electrons. The van der Waals surface area contributed by atoms with Gasteiger partial charge in [0.15, 0.2) is 11.5 Å².